The second-order valence-electron chi connectivity index (χ2n) is 3.31. The van der Waals surface area contributed by atoms with E-state index < -0.39 is 5.82 Å². The van der Waals surface area contributed by atoms with Crippen LogP contribution in [0.25, 0.3) is 11.1 Å². The first-order valence-corrected chi connectivity index (χ1v) is 5.04. The quantitative estimate of drug-likeness (QED) is 0.727. The molecule has 3 heteroatoms. The van der Waals surface area contributed by atoms with Crippen LogP contribution in [0.4, 0.5) is 4.39 Å². The highest BCUT2D eigenvalue weighted by Gasteiger charge is 2.05. The third kappa shape index (κ3) is 2.05. The molecule has 16 heavy (non-hydrogen) atoms. The lowest BCUT2D eigenvalue weighted by molar-refractivity contribution is 0.631. The van der Waals surface area contributed by atoms with Gasteiger partial charge in [-0.15, -0.1) is 0 Å². The first kappa shape index (κ1) is 10.7. The molecule has 0 amide bonds. The summed E-state index contributed by atoms with van der Waals surface area (Å²) in [6.45, 7) is 0. The standard InChI is InChI=1S/C13H7ClFN/c14-11-4-2-10(3-5-11)12-6-1-9(8-16)7-13(12)15/h1-7H. The number of halogens is 2. The summed E-state index contributed by atoms with van der Waals surface area (Å²) in [5.74, 6) is -0.402. The van der Waals surface area contributed by atoms with Crippen LogP contribution in [0.5, 0.6) is 0 Å². The van der Waals surface area contributed by atoms with Crippen molar-refractivity contribution in [2.45, 2.75) is 0 Å². The van der Waals surface area contributed by atoms with Crippen LogP contribution in [0.3, 0.4) is 0 Å². The molecule has 1 nitrogen and oxygen atoms in total. The summed E-state index contributed by atoms with van der Waals surface area (Å²) in [6, 6.07) is 13.2. The molecule has 0 radical (unpaired) electrons. The van der Waals surface area contributed by atoms with Gasteiger partial charge in [0, 0.05) is 10.6 Å². The molecule has 0 aliphatic heterocycles. The van der Waals surface area contributed by atoms with Gasteiger partial charge in [-0.25, -0.2) is 4.39 Å². The van der Waals surface area contributed by atoms with Crippen molar-refractivity contribution in [2.24, 2.45) is 0 Å². The maximum Gasteiger partial charge on any atom is 0.132 e. The molecule has 0 bridgehead atoms. The van der Waals surface area contributed by atoms with Gasteiger partial charge < -0.3 is 0 Å². The fraction of sp³-hybridized carbons (Fsp3) is 0. The summed E-state index contributed by atoms with van der Waals surface area (Å²) in [6.07, 6.45) is 0. The Morgan fingerprint density at radius 3 is 2.31 bits per heavy atom. The smallest absolute Gasteiger partial charge is 0.132 e. The topological polar surface area (TPSA) is 23.8 Å². The summed E-state index contributed by atoms with van der Waals surface area (Å²) in [7, 11) is 0. The number of hydrogen-bond acceptors (Lipinski definition) is 1. The number of nitriles is 1. The molecule has 2 aromatic rings. The predicted octanol–water partition coefficient (Wildman–Crippen LogP) is 4.02. The first-order chi connectivity index (χ1) is 7.70. The van der Waals surface area contributed by atoms with Crippen LogP contribution in [-0.4, -0.2) is 0 Å². The van der Waals surface area contributed by atoms with Crippen molar-refractivity contribution in [3.8, 4) is 17.2 Å². The van der Waals surface area contributed by atoms with E-state index >= 15 is 0 Å². The van der Waals surface area contributed by atoms with Crippen LogP contribution in [0.1, 0.15) is 5.56 Å². The van der Waals surface area contributed by atoms with Crippen LogP contribution in [-0.2, 0) is 0 Å². The number of hydrogen-bond donors (Lipinski definition) is 0. The van der Waals surface area contributed by atoms with Crippen molar-refractivity contribution in [2.75, 3.05) is 0 Å². The predicted molar refractivity (Wildman–Crippen MR) is 61.6 cm³/mol. The Hall–Kier alpha value is -1.85. The van der Waals surface area contributed by atoms with Gasteiger partial charge in [0.25, 0.3) is 0 Å². The second kappa shape index (κ2) is 4.34. The third-order valence-electron chi connectivity index (χ3n) is 2.25. The minimum Gasteiger partial charge on any atom is -0.206 e. The molecule has 0 N–H and O–H groups in total. The largest absolute Gasteiger partial charge is 0.206 e. The molecular weight excluding hydrogens is 225 g/mol. The minimum absolute atomic E-state index is 0.315. The summed E-state index contributed by atoms with van der Waals surface area (Å²) >= 11 is 5.75. The van der Waals surface area contributed by atoms with Crippen molar-refractivity contribution in [1.82, 2.24) is 0 Å². The first-order valence-electron chi connectivity index (χ1n) is 4.66. The van der Waals surface area contributed by atoms with E-state index in [1.807, 2.05) is 6.07 Å². The van der Waals surface area contributed by atoms with E-state index in [1.54, 1.807) is 36.4 Å². The molecule has 0 heterocycles. The molecule has 0 unspecified atom stereocenters. The Kier molecular flexibility index (Phi) is 2.89. The Bertz CT molecular complexity index is 555. The van der Waals surface area contributed by atoms with Gasteiger partial charge in [-0.05, 0) is 29.8 Å². The molecule has 0 spiro atoms. The van der Waals surface area contributed by atoms with Crippen molar-refractivity contribution >= 4 is 11.6 Å². The molecule has 78 valence electrons. The summed E-state index contributed by atoms with van der Waals surface area (Å²) in [5, 5.41) is 9.23. The molecule has 0 aliphatic carbocycles. The highest BCUT2D eigenvalue weighted by molar-refractivity contribution is 6.30. The van der Waals surface area contributed by atoms with Crippen LogP contribution in [0, 0.1) is 17.1 Å². The zero-order valence-corrected chi connectivity index (χ0v) is 9.00. The summed E-state index contributed by atoms with van der Waals surface area (Å²) < 4.78 is 13.6. The minimum atomic E-state index is -0.402. The number of benzene rings is 2. The van der Waals surface area contributed by atoms with E-state index in [4.69, 9.17) is 16.9 Å². The zero-order chi connectivity index (χ0) is 11.5. The Balaban J connectivity index is 2.49. The summed E-state index contributed by atoms with van der Waals surface area (Å²) in [4.78, 5) is 0. The van der Waals surface area contributed by atoms with E-state index in [0.717, 1.165) is 5.56 Å². The lowest BCUT2D eigenvalue weighted by atomic mass is 10.0. The molecular formula is C13H7ClFN. The third-order valence-corrected chi connectivity index (χ3v) is 2.51. The average Bonchev–Trinajstić information content (AvgIpc) is 2.30. The Morgan fingerprint density at radius 1 is 1.06 bits per heavy atom. The molecule has 2 rings (SSSR count). The molecule has 0 aromatic heterocycles. The molecule has 2 aromatic carbocycles. The van der Waals surface area contributed by atoms with Gasteiger partial charge in [0.15, 0.2) is 0 Å². The highest BCUT2D eigenvalue weighted by Crippen LogP contribution is 2.24. The maximum absolute atomic E-state index is 13.6. The van der Waals surface area contributed by atoms with Crippen LogP contribution in [0.2, 0.25) is 5.02 Å². The van der Waals surface area contributed by atoms with Crippen LogP contribution in [0.15, 0.2) is 42.5 Å². The van der Waals surface area contributed by atoms with Crippen molar-refractivity contribution < 1.29 is 4.39 Å². The molecule has 0 aliphatic rings. The number of rotatable bonds is 1. The SMILES string of the molecule is N#Cc1ccc(-c2ccc(Cl)cc2)c(F)c1. The fourth-order valence-corrected chi connectivity index (χ4v) is 1.57. The number of nitrogens with zero attached hydrogens (tertiary/aromatic N) is 1. The molecule has 0 fully saturated rings. The maximum atomic E-state index is 13.6. The Morgan fingerprint density at radius 2 is 1.75 bits per heavy atom. The molecule has 0 saturated heterocycles. The van der Waals surface area contributed by atoms with Crippen LogP contribution < -0.4 is 0 Å². The van der Waals surface area contributed by atoms with E-state index in [1.165, 1.54) is 6.07 Å². The van der Waals surface area contributed by atoms with Gasteiger partial charge in [0.05, 0.1) is 11.6 Å². The van der Waals surface area contributed by atoms with Crippen molar-refractivity contribution in [3.63, 3.8) is 0 Å². The van der Waals surface area contributed by atoms with E-state index in [2.05, 4.69) is 0 Å². The van der Waals surface area contributed by atoms with Gasteiger partial charge in [0.2, 0.25) is 0 Å². The van der Waals surface area contributed by atoms with E-state index in [9.17, 15) is 4.39 Å². The molecule has 0 saturated carbocycles. The van der Waals surface area contributed by atoms with Gasteiger partial charge in [-0.2, -0.15) is 5.26 Å². The van der Waals surface area contributed by atoms with E-state index in [-0.39, 0.29) is 0 Å². The van der Waals surface area contributed by atoms with E-state index in [0.29, 0.717) is 16.1 Å². The van der Waals surface area contributed by atoms with Crippen LogP contribution >= 0.6 is 11.6 Å². The van der Waals surface area contributed by atoms with Gasteiger partial charge in [-0.1, -0.05) is 29.8 Å². The van der Waals surface area contributed by atoms with Gasteiger partial charge >= 0.3 is 0 Å². The lowest BCUT2D eigenvalue weighted by Gasteiger charge is -2.03. The highest BCUT2D eigenvalue weighted by atomic mass is 35.5. The zero-order valence-electron chi connectivity index (χ0n) is 8.24. The van der Waals surface area contributed by atoms with Gasteiger partial charge in [-0.3, -0.25) is 0 Å². The fourth-order valence-electron chi connectivity index (χ4n) is 1.45. The normalized spacial score (nSPS) is 9.81. The monoisotopic (exact) mass is 231 g/mol. The van der Waals surface area contributed by atoms with Crippen molar-refractivity contribution in [3.05, 3.63) is 58.9 Å². The molecule has 0 atom stereocenters. The Labute approximate surface area is 97.7 Å². The van der Waals surface area contributed by atoms with Crippen molar-refractivity contribution in [1.29, 1.82) is 5.26 Å². The average molecular weight is 232 g/mol. The second-order valence-corrected chi connectivity index (χ2v) is 3.75. The summed E-state index contributed by atoms with van der Waals surface area (Å²) in [5.41, 5.74) is 1.53. The lowest BCUT2D eigenvalue weighted by Crippen LogP contribution is -1.85. The van der Waals surface area contributed by atoms with Gasteiger partial charge in [0.1, 0.15) is 5.82 Å².